The molecule has 1 aromatic heterocycles. The van der Waals surface area contributed by atoms with E-state index in [-0.39, 0.29) is 19.1 Å². The highest BCUT2D eigenvalue weighted by atomic mass is 16.5. The van der Waals surface area contributed by atoms with Gasteiger partial charge in [-0.25, -0.2) is 0 Å². The lowest BCUT2D eigenvalue weighted by atomic mass is 10.1. The van der Waals surface area contributed by atoms with Crippen molar-refractivity contribution in [2.45, 2.75) is 34.2 Å². The number of ether oxygens (including phenoxy) is 1. The maximum atomic E-state index is 12.8. The number of aryl methyl sites for hydroxylation is 3. The van der Waals surface area contributed by atoms with Gasteiger partial charge in [0.05, 0.1) is 0 Å². The molecule has 3 aromatic rings. The van der Waals surface area contributed by atoms with Crippen LogP contribution in [0, 0.1) is 27.7 Å². The van der Waals surface area contributed by atoms with E-state index < -0.39 is 0 Å². The van der Waals surface area contributed by atoms with E-state index in [1.165, 1.54) is 0 Å². The van der Waals surface area contributed by atoms with Crippen LogP contribution in [0.1, 0.15) is 28.1 Å². The van der Waals surface area contributed by atoms with E-state index in [0.29, 0.717) is 18.3 Å². The maximum absolute atomic E-state index is 12.8. The quantitative estimate of drug-likeness (QED) is 0.514. The Labute approximate surface area is 177 Å². The third kappa shape index (κ3) is 5.14. The van der Waals surface area contributed by atoms with Gasteiger partial charge in [0, 0.05) is 12.1 Å². The Morgan fingerprint density at radius 3 is 2.57 bits per heavy atom. The first-order valence-electron chi connectivity index (χ1n) is 9.86. The van der Waals surface area contributed by atoms with Gasteiger partial charge >= 0.3 is 0 Å². The Hall–Kier alpha value is -3.41. The monoisotopic (exact) mass is 405 g/mol. The van der Waals surface area contributed by atoms with Gasteiger partial charge in [0.1, 0.15) is 12.3 Å². The minimum absolute atomic E-state index is 0.0729. The fourth-order valence-electron chi connectivity index (χ4n) is 3.09. The van der Waals surface area contributed by atoms with Crippen molar-refractivity contribution in [1.29, 1.82) is 0 Å². The van der Waals surface area contributed by atoms with Crippen molar-refractivity contribution in [3.63, 3.8) is 0 Å². The predicted molar refractivity (Wildman–Crippen MR) is 116 cm³/mol. The minimum Gasteiger partial charge on any atom is -0.483 e. The average Bonchev–Trinajstić information content (AvgIpc) is 3.18. The summed E-state index contributed by atoms with van der Waals surface area (Å²) in [6.07, 6.45) is 1.66. The molecule has 0 bridgehead atoms. The zero-order valence-electron chi connectivity index (χ0n) is 17.9. The fourth-order valence-corrected chi connectivity index (χ4v) is 3.09. The molecule has 3 rings (SSSR count). The number of hydrogen-bond donors (Lipinski definition) is 0. The van der Waals surface area contributed by atoms with Gasteiger partial charge in [-0.05, 0) is 50.5 Å². The van der Waals surface area contributed by atoms with Gasteiger partial charge < -0.3 is 14.2 Å². The summed E-state index contributed by atoms with van der Waals surface area (Å²) in [6, 6.07) is 11.9. The van der Waals surface area contributed by atoms with E-state index in [4.69, 9.17) is 9.26 Å². The van der Waals surface area contributed by atoms with Gasteiger partial charge in [0.15, 0.2) is 6.61 Å². The Bertz CT molecular complexity index is 1040. The second kappa shape index (κ2) is 9.39. The molecule has 0 aliphatic heterocycles. The molecule has 2 aromatic carbocycles. The summed E-state index contributed by atoms with van der Waals surface area (Å²) in [5, 5.41) is 4.03. The number of carbonyl (C=O) groups excluding carboxylic acids is 1. The summed E-state index contributed by atoms with van der Waals surface area (Å²) >= 11 is 0. The predicted octanol–water partition coefficient (Wildman–Crippen LogP) is 4.56. The molecule has 30 heavy (non-hydrogen) atoms. The number of carbonyl (C=O) groups is 1. The molecule has 0 aliphatic rings. The second-order valence-electron chi connectivity index (χ2n) is 7.43. The summed E-state index contributed by atoms with van der Waals surface area (Å²) < 4.78 is 11.2. The molecule has 0 N–H and O–H groups in total. The van der Waals surface area contributed by atoms with E-state index in [2.05, 4.69) is 22.8 Å². The molecule has 1 amide bonds. The van der Waals surface area contributed by atoms with E-state index >= 15 is 0 Å². The molecule has 6 nitrogen and oxygen atoms in total. The first kappa shape index (κ1) is 21.3. The zero-order chi connectivity index (χ0) is 21.7. The first-order chi connectivity index (χ1) is 14.4. The summed E-state index contributed by atoms with van der Waals surface area (Å²) in [5.74, 6) is 1.41. The van der Waals surface area contributed by atoms with Crippen LogP contribution >= 0.6 is 0 Å². The molecule has 0 saturated heterocycles. The van der Waals surface area contributed by atoms with Crippen molar-refractivity contribution in [3.05, 3.63) is 77.2 Å². The van der Waals surface area contributed by atoms with Gasteiger partial charge in [0.25, 0.3) is 5.91 Å². The number of rotatable bonds is 8. The molecule has 1 heterocycles. The van der Waals surface area contributed by atoms with E-state index in [9.17, 15) is 4.79 Å². The number of amides is 1. The van der Waals surface area contributed by atoms with Crippen molar-refractivity contribution in [2.24, 2.45) is 0 Å². The SMILES string of the molecule is C=CCN(Cc1nc(-c2ccc(C)cc2)no1)C(=O)COc1cc(C)cc(C)c1C. The van der Waals surface area contributed by atoms with Gasteiger partial charge in [0.2, 0.25) is 11.7 Å². The Morgan fingerprint density at radius 2 is 1.87 bits per heavy atom. The number of aromatic nitrogens is 2. The molecular weight excluding hydrogens is 378 g/mol. The largest absolute Gasteiger partial charge is 0.483 e. The molecule has 0 saturated carbocycles. The summed E-state index contributed by atoms with van der Waals surface area (Å²) in [7, 11) is 0. The van der Waals surface area contributed by atoms with Crippen molar-refractivity contribution in [3.8, 4) is 17.1 Å². The Morgan fingerprint density at radius 1 is 1.13 bits per heavy atom. The van der Waals surface area contributed by atoms with Crippen LogP contribution in [0.3, 0.4) is 0 Å². The van der Waals surface area contributed by atoms with E-state index in [1.54, 1.807) is 11.0 Å². The second-order valence-corrected chi connectivity index (χ2v) is 7.43. The molecule has 0 atom stereocenters. The first-order valence-corrected chi connectivity index (χ1v) is 9.86. The third-order valence-electron chi connectivity index (χ3n) is 4.92. The Kier molecular flexibility index (Phi) is 6.67. The number of hydrogen-bond acceptors (Lipinski definition) is 5. The van der Waals surface area contributed by atoms with Gasteiger partial charge in [-0.3, -0.25) is 4.79 Å². The summed E-state index contributed by atoms with van der Waals surface area (Å²) in [5.41, 5.74) is 5.28. The lowest BCUT2D eigenvalue weighted by Gasteiger charge is -2.20. The van der Waals surface area contributed by atoms with E-state index in [0.717, 1.165) is 33.6 Å². The van der Waals surface area contributed by atoms with E-state index in [1.807, 2.05) is 58.0 Å². The molecule has 0 radical (unpaired) electrons. The van der Waals surface area contributed by atoms with Crippen LogP contribution in [-0.2, 0) is 11.3 Å². The number of benzene rings is 2. The molecule has 0 fully saturated rings. The lowest BCUT2D eigenvalue weighted by Crippen LogP contribution is -2.34. The summed E-state index contributed by atoms with van der Waals surface area (Å²) in [4.78, 5) is 18.8. The van der Waals surface area contributed by atoms with Crippen LogP contribution in [0.2, 0.25) is 0 Å². The third-order valence-corrected chi connectivity index (χ3v) is 4.92. The smallest absolute Gasteiger partial charge is 0.261 e. The van der Waals surface area contributed by atoms with Crippen LogP contribution in [0.15, 0.2) is 53.6 Å². The van der Waals surface area contributed by atoms with Gasteiger partial charge in [-0.15, -0.1) is 6.58 Å². The molecule has 0 aliphatic carbocycles. The van der Waals surface area contributed by atoms with Crippen LogP contribution in [0.25, 0.3) is 11.4 Å². The van der Waals surface area contributed by atoms with Gasteiger partial charge in [-0.2, -0.15) is 4.98 Å². The zero-order valence-corrected chi connectivity index (χ0v) is 17.9. The minimum atomic E-state index is -0.177. The highest BCUT2D eigenvalue weighted by Crippen LogP contribution is 2.23. The highest BCUT2D eigenvalue weighted by Gasteiger charge is 2.18. The maximum Gasteiger partial charge on any atom is 0.261 e. The molecule has 156 valence electrons. The molecular formula is C24H27N3O3. The average molecular weight is 405 g/mol. The molecule has 0 unspecified atom stereocenters. The lowest BCUT2D eigenvalue weighted by molar-refractivity contribution is -0.133. The van der Waals surface area contributed by atoms with Crippen molar-refractivity contribution in [2.75, 3.05) is 13.2 Å². The van der Waals surface area contributed by atoms with Crippen LogP contribution < -0.4 is 4.74 Å². The topological polar surface area (TPSA) is 68.5 Å². The normalized spacial score (nSPS) is 10.7. The van der Waals surface area contributed by atoms with Crippen molar-refractivity contribution < 1.29 is 14.1 Å². The van der Waals surface area contributed by atoms with Gasteiger partial charge in [-0.1, -0.05) is 47.1 Å². The molecule has 0 spiro atoms. The van der Waals surface area contributed by atoms with Crippen LogP contribution in [0.5, 0.6) is 5.75 Å². The van der Waals surface area contributed by atoms with Crippen LogP contribution in [0.4, 0.5) is 0 Å². The van der Waals surface area contributed by atoms with Crippen molar-refractivity contribution in [1.82, 2.24) is 15.0 Å². The fraction of sp³-hybridized carbons (Fsp3) is 0.292. The van der Waals surface area contributed by atoms with Crippen LogP contribution in [-0.4, -0.2) is 34.1 Å². The number of nitrogens with zero attached hydrogens (tertiary/aromatic N) is 3. The highest BCUT2D eigenvalue weighted by molar-refractivity contribution is 5.78. The molecule has 6 heteroatoms. The standard InChI is InChI=1S/C24H27N3O3/c1-6-11-27(23(28)15-29-21-13-17(3)12-18(4)19(21)5)14-22-25-24(26-30-22)20-9-7-16(2)8-10-20/h6-10,12-13H,1,11,14-15H2,2-5H3. The Balaban J connectivity index is 1.68. The summed E-state index contributed by atoms with van der Waals surface area (Å²) in [6.45, 7) is 12.3. The van der Waals surface area contributed by atoms with Crippen molar-refractivity contribution >= 4 is 5.91 Å².